The lowest BCUT2D eigenvalue weighted by atomic mass is 9.94. The molecule has 3 aromatic rings. The van der Waals surface area contributed by atoms with E-state index in [2.05, 4.69) is 21.2 Å². The molecular weight excluding hydrogens is 528 g/mol. The first kappa shape index (κ1) is 26.9. The van der Waals surface area contributed by atoms with Gasteiger partial charge in [-0.05, 0) is 60.7 Å². The molecule has 0 aromatic heterocycles. The minimum absolute atomic E-state index is 0.102. The van der Waals surface area contributed by atoms with E-state index < -0.39 is 6.04 Å². The van der Waals surface area contributed by atoms with Crippen molar-refractivity contribution in [2.75, 3.05) is 6.61 Å². The standard InChI is InChI=1S/C31H35BrN2O3/c1-23-10-8-17-28(18-23)37-22-30(35)34(21-25-13-9-14-26(32)19-25)29(20-24-11-4-2-5-12-24)31(36)33-27-15-6-3-7-16-27/h2,4-5,8-14,17-19,27,29H,3,6-7,15-16,20-22H2,1H3,(H,33,36)/t29-/m1/s1. The van der Waals surface area contributed by atoms with E-state index in [9.17, 15) is 9.59 Å². The van der Waals surface area contributed by atoms with Crippen molar-refractivity contribution in [1.29, 1.82) is 0 Å². The number of halogens is 1. The first-order chi connectivity index (χ1) is 18.0. The zero-order valence-corrected chi connectivity index (χ0v) is 23.0. The summed E-state index contributed by atoms with van der Waals surface area (Å²) >= 11 is 3.54. The molecule has 1 atom stereocenters. The van der Waals surface area contributed by atoms with Crippen molar-refractivity contribution in [3.8, 4) is 5.75 Å². The van der Waals surface area contributed by atoms with E-state index in [0.717, 1.165) is 46.8 Å². The predicted octanol–water partition coefficient (Wildman–Crippen LogP) is 6.23. The number of hydrogen-bond donors (Lipinski definition) is 1. The largest absolute Gasteiger partial charge is 0.484 e. The summed E-state index contributed by atoms with van der Waals surface area (Å²) in [6, 6.07) is 24.9. The summed E-state index contributed by atoms with van der Waals surface area (Å²) in [4.78, 5) is 29.2. The Kier molecular flexibility index (Phi) is 9.78. The molecule has 0 bridgehead atoms. The third-order valence-electron chi connectivity index (χ3n) is 6.82. The number of aryl methyl sites for hydroxylation is 1. The molecule has 0 spiro atoms. The number of ether oxygens (including phenoxy) is 1. The normalized spacial score (nSPS) is 14.5. The number of rotatable bonds is 10. The van der Waals surface area contributed by atoms with Gasteiger partial charge in [0.1, 0.15) is 11.8 Å². The lowest BCUT2D eigenvalue weighted by molar-refractivity contribution is -0.143. The molecule has 3 aromatic carbocycles. The number of carbonyl (C=O) groups is 2. The van der Waals surface area contributed by atoms with E-state index in [1.807, 2.05) is 85.8 Å². The number of nitrogens with zero attached hydrogens (tertiary/aromatic N) is 1. The van der Waals surface area contributed by atoms with Crippen LogP contribution >= 0.6 is 15.9 Å². The monoisotopic (exact) mass is 562 g/mol. The van der Waals surface area contributed by atoms with Crippen molar-refractivity contribution < 1.29 is 14.3 Å². The van der Waals surface area contributed by atoms with E-state index >= 15 is 0 Å². The SMILES string of the molecule is Cc1cccc(OCC(=O)N(Cc2cccc(Br)c2)[C@H](Cc2ccccc2)C(=O)NC2CCCCC2)c1. The molecule has 0 aliphatic heterocycles. The van der Waals surface area contributed by atoms with Crippen LogP contribution in [0.5, 0.6) is 5.75 Å². The van der Waals surface area contributed by atoms with Gasteiger partial charge in [0, 0.05) is 23.5 Å². The van der Waals surface area contributed by atoms with Gasteiger partial charge in [-0.1, -0.05) is 89.8 Å². The van der Waals surface area contributed by atoms with Crippen LogP contribution in [0.2, 0.25) is 0 Å². The summed E-state index contributed by atoms with van der Waals surface area (Å²) in [5.74, 6) is 0.317. The second-order valence-electron chi connectivity index (χ2n) is 9.81. The molecule has 5 nitrogen and oxygen atoms in total. The Hall–Kier alpha value is -3.12. The van der Waals surface area contributed by atoms with Gasteiger partial charge >= 0.3 is 0 Å². The highest BCUT2D eigenvalue weighted by molar-refractivity contribution is 9.10. The Morgan fingerprint density at radius 1 is 0.946 bits per heavy atom. The number of hydrogen-bond acceptors (Lipinski definition) is 3. The third-order valence-corrected chi connectivity index (χ3v) is 7.31. The molecule has 0 unspecified atom stereocenters. The maximum absolute atomic E-state index is 13.8. The molecule has 1 aliphatic carbocycles. The molecule has 0 heterocycles. The zero-order chi connectivity index (χ0) is 26.0. The van der Waals surface area contributed by atoms with E-state index in [-0.39, 0.29) is 24.5 Å². The minimum Gasteiger partial charge on any atom is -0.484 e. The maximum Gasteiger partial charge on any atom is 0.261 e. The van der Waals surface area contributed by atoms with Gasteiger partial charge in [0.2, 0.25) is 5.91 Å². The first-order valence-electron chi connectivity index (χ1n) is 13.1. The molecule has 0 saturated heterocycles. The fraction of sp³-hybridized carbons (Fsp3) is 0.355. The third kappa shape index (κ3) is 8.19. The lowest BCUT2D eigenvalue weighted by Crippen LogP contribution is -2.53. The summed E-state index contributed by atoms with van der Waals surface area (Å²) in [5.41, 5.74) is 3.02. The van der Waals surface area contributed by atoms with Gasteiger partial charge in [-0.2, -0.15) is 0 Å². The Labute approximate surface area is 228 Å². The van der Waals surface area contributed by atoms with E-state index in [1.54, 1.807) is 4.90 Å². The van der Waals surface area contributed by atoms with Crippen LogP contribution in [-0.2, 0) is 22.6 Å². The molecule has 0 radical (unpaired) electrons. The maximum atomic E-state index is 13.8. The van der Waals surface area contributed by atoms with Crippen LogP contribution in [0.3, 0.4) is 0 Å². The van der Waals surface area contributed by atoms with Crippen molar-refractivity contribution in [3.05, 3.63) is 100 Å². The van der Waals surface area contributed by atoms with Crippen LogP contribution in [0.4, 0.5) is 0 Å². The van der Waals surface area contributed by atoms with Gasteiger partial charge in [-0.3, -0.25) is 9.59 Å². The fourth-order valence-corrected chi connectivity index (χ4v) is 5.31. The average Bonchev–Trinajstić information content (AvgIpc) is 2.90. The van der Waals surface area contributed by atoms with Crippen LogP contribution in [0.1, 0.15) is 48.8 Å². The summed E-state index contributed by atoms with van der Waals surface area (Å²) in [6.45, 7) is 2.16. The molecule has 1 aliphatic rings. The summed E-state index contributed by atoms with van der Waals surface area (Å²) in [5, 5.41) is 3.27. The van der Waals surface area contributed by atoms with E-state index in [0.29, 0.717) is 18.7 Å². The Morgan fingerprint density at radius 2 is 1.68 bits per heavy atom. The Balaban J connectivity index is 1.61. The minimum atomic E-state index is -0.656. The molecule has 4 rings (SSSR count). The van der Waals surface area contributed by atoms with Crippen molar-refractivity contribution in [3.63, 3.8) is 0 Å². The van der Waals surface area contributed by atoms with Crippen molar-refractivity contribution in [2.24, 2.45) is 0 Å². The molecule has 1 saturated carbocycles. The van der Waals surface area contributed by atoms with E-state index in [4.69, 9.17) is 4.74 Å². The second-order valence-corrected chi connectivity index (χ2v) is 10.7. The molecule has 194 valence electrons. The van der Waals surface area contributed by atoms with Gasteiger partial charge in [0.15, 0.2) is 6.61 Å². The summed E-state index contributed by atoms with van der Waals surface area (Å²) in [6.07, 6.45) is 5.87. The smallest absolute Gasteiger partial charge is 0.261 e. The number of carbonyl (C=O) groups excluding carboxylic acids is 2. The highest BCUT2D eigenvalue weighted by atomic mass is 79.9. The molecule has 2 amide bonds. The van der Waals surface area contributed by atoms with Crippen LogP contribution in [-0.4, -0.2) is 35.4 Å². The molecule has 1 fully saturated rings. The number of amides is 2. The first-order valence-corrected chi connectivity index (χ1v) is 13.8. The highest BCUT2D eigenvalue weighted by Gasteiger charge is 2.32. The van der Waals surface area contributed by atoms with Gasteiger partial charge in [-0.25, -0.2) is 0 Å². The van der Waals surface area contributed by atoms with Crippen molar-refractivity contribution >= 4 is 27.7 Å². The lowest BCUT2D eigenvalue weighted by Gasteiger charge is -2.33. The topological polar surface area (TPSA) is 58.6 Å². The van der Waals surface area contributed by atoms with Crippen LogP contribution in [0.25, 0.3) is 0 Å². The number of nitrogens with one attached hydrogen (secondary N) is 1. The molecule has 6 heteroatoms. The predicted molar refractivity (Wildman–Crippen MR) is 150 cm³/mol. The van der Waals surface area contributed by atoms with Crippen LogP contribution in [0.15, 0.2) is 83.3 Å². The molecule has 1 N–H and O–H groups in total. The van der Waals surface area contributed by atoms with Gasteiger partial charge < -0.3 is 15.0 Å². The zero-order valence-electron chi connectivity index (χ0n) is 21.4. The quantitative estimate of drug-likeness (QED) is 0.319. The number of benzene rings is 3. The highest BCUT2D eigenvalue weighted by Crippen LogP contribution is 2.21. The van der Waals surface area contributed by atoms with Crippen molar-refractivity contribution in [1.82, 2.24) is 10.2 Å². The van der Waals surface area contributed by atoms with Crippen LogP contribution in [0, 0.1) is 6.92 Å². The van der Waals surface area contributed by atoms with Crippen molar-refractivity contribution in [2.45, 2.75) is 64.1 Å². The summed E-state index contributed by atoms with van der Waals surface area (Å²) in [7, 11) is 0. The van der Waals surface area contributed by atoms with Gasteiger partial charge in [0.25, 0.3) is 5.91 Å². The molecular formula is C31H35BrN2O3. The van der Waals surface area contributed by atoms with Gasteiger partial charge in [-0.15, -0.1) is 0 Å². The molecule has 37 heavy (non-hydrogen) atoms. The van der Waals surface area contributed by atoms with Gasteiger partial charge in [0.05, 0.1) is 0 Å². The Bertz CT molecular complexity index is 1180. The second kappa shape index (κ2) is 13.4. The van der Waals surface area contributed by atoms with Crippen LogP contribution < -0.4 is 10.1 Å². The fourth-order valence-electron chi connectivity index (χ4n) is 4.86. The average molecular weight is 564 g/mol. The Morgan fingerprint density at radius 3 is 2.41 bits per heavy atom. The summed E-state index contributed by atoms with van der Waals surface area (Å²) < 4.78 is 6.82. The van der Waals surface area contributed by atoms with E-state index in [1.165, 1.54) is 6.42 Å².